The Morgan fingerprint density at radius 2 is 2.21 bits per heavy atom. The fraction of sp³-hybridized carbons (Fsp3) is 0.909. The van der Waals surface area contributed by atoms with Gasteiger partial charge in [0.15, 0.2) is 0 Å². The third kappa shape index (κ3) is 1.65. The Balaban J connectivity index is 1.89. The molecule has 1 aliphatic carbocycles. The van der Waals surface area contributed by atoms with Crippen LogP contribution < -0.4 is 0 Å². The van der Waals surface area contributed by atoms with E-state index in [2.05, 4.69) is 0 Å². The largest absolute Gasteiger partial charge is 0.391 e. The second-order valence-corrected chi connectivity index (χ2v) is 4.72. The van der Waals surface area contributed by atoms with Gasteiger partial charge in [0.2, 0.25) is 5.91 Å². The van der Waals surface area contributed by atoms with Crippen LogP contribution in [-0.2, 0) is 4.79 Å². The Kier molecular flexibility index (Phi) is 2.52. The fourth-order valence-corrected chi connectivity index (χ4v) is 2.36. The molecule has 0 aromatic carbocycles. The number of aliphatic hydroxyl groups excluding tert-OH is 1. The first-order chi connectivity index (χ1) is 6.68. The first-order valence-corrected chi connectivity index (χ1v) is 5.64. The zero-order valence-electron chi connectivity index (χ0n) is 8.83. The molecule has 80 valence electrons. The zero-order chi connectivity index (χ0) is 10.2. The molecule has 1 heterocycles. The number of nitrogens with zero attached hydrogens (tertiary/aromatic N) is 1. The van der Waals surface area contributed by atoms with Crippen LogP contribution in [0.25, 0.3) is 0 Å². The molecule has 1 atom stereocenters. The van der Waals surface area contributed by atoms with E-state index in [1.807, 2.05) is 11.8 Å². The topological polar surface area (TPSA) is 40.5 Å². The number of carbonyl (C=O) groups is 1. The highest BCUT2D eigenvalue weighted by molar-refractivity contribution is 5.76. The summed E-state index contributed by atoms with van der Waals surface area (Å²) in [6.07, 6.45) is 4.57. The van der Waals surface area contributed by atoms with Crippen LogP contribution in [0, 0.1) is 5.41 Å². The lowest BCUT2D eigenvalue weighted by atomic mass is 9.90. The highest BCUT2D eigenvalue weighted by Gasteiger charge is 2.51. The average molecular weight is 197 g/mol. The molecule has 0 radical (unpaired) electrons. The molecule has 1 N–H and O–H groups in total. The van der Waals surface area contributed by atoms with Gasteiger partial charge in [0, 0.05) is 19.5 Å². The van der Waals surface area contributed by atoms with E-state index in [0.717, 1.165) is 32.2 Å². The lowest BCUT2D eigenvalue weighted by molar-refractivity contribution is -0.136. The van der Waals surface area contributed by atoms with E-state index in [4.69, 9.17) is 0 Å². The third-order valence-electron chi connectivity index (χ3n) is 3.69. The van der Waals surface area contributed by atoms with Crippen molar-refractivity contribution < 1.29 is 9.90 Å². The summed E-state index contributed by atoms with van der Waals surface area (Å²) in [5.41, 5.74) is 0.211. The SMILES string of the molecule is CCCC(=O)N1CCC2(CC2)C(O)C1. The summed E-state index contributed by atoms with van der Waals surface area (Å²) in [4.78, 5) is 13.4. The zero-order valence-corrected chi connectivity index (χ0v) is 8.83. The van der Waals surface area contributed by atoms with E-state index < -0.39 is 0 Å². The molecule has 2 fully saturated rings. The predicted octanol–water partition coefficient (Wildman–Crippen LogP) is 1.16. The molecule has 1 unspecified atom stereocenters. The molecular weight excluding hydrogens is 178 g/mol. The van der Waals surface area contributed by atoms with Gasteiger partial charge in [0.1, 0.15) is 0 Å². The van der Waals surface area contributed by atoms with Gasteiger partial charge in [-0.3, -0.25) is 4.79 Å². The van der Waals surface area contributed by atoms with E-state index in [-0.39, 0.29) is 17.4 Å². The summed E-state index contributed by atoms with van der Waals surface area (Å²) in [7, 11) is 0. The van der Waals surface area contributed by atoms with Crippen molar-refractivity contribution in [1.82, 2.24) is 4.90 Å². The first-order valence-electron chi connectivity index (χ1n) is 5.64. The minimum Gasteiger partial charge on any atom is -0.391 e. The molecule has 1 saturated carbocycles. The van der Waals surface area contributed by atoms with Crippen LogP contribution in [0.1, 0.15) is 39.0 Å². The molecule has 1 spiro atoms. The number of aliphatic hydroxyl groups is 1. The number of hydrogen-bond acceptors (Lipinski definition) is 2. The maximum absolute atomic E-state index is 11.6. The van der Waals surface area contributed by atoms with Crippen molar-refractivity contribution in [2.24, 2.45) is 5.41 Å². The number of likely N-dealkylation sites (tertiary alicyclic amines) is 1. The summed E-state index contributed by atoms with van der Waals surface area (Å²) in [5.74, 6) is 0.210. The Labute approximate surface area is 85.1 Å². The van der Waals surface area contributed by atoms with Crippen molar-refractivity contribution >= 4 is 5.91 Å². The van der Waals surface area contributed by atoms with Crippen LogP contribution in [-0.4, -0.2) is 35.1 Å². The number of piperidine rings is 1. The molecule has 3 nitrogen and oxygen atoms in total. The van der Waals surface area contributed by atoms with E-state index in [9.17, 15) is 9.90 Å². The third-order valence-corrected chi connectivity index (χ3v) is 3.69. The molecule has 0 aromatic heterocycles. The van der Waals surface area contributed by atoms with Crippen LogP contribution in [0.3, 0.4) is 0 Å². The molecule has 0 aromatic rings. The minimum atomic E-state index is -0.267. The van der Waals surface area contributed by atoms with Crippen molar-refractivity contribution in [2.75, 3.05) is 13.1 Å². The Hall–Kier alpha value is -0.570. The number of rotatable bonds is 2. The van der Waals surface area contributed by atoms with Crippen LogP contribution in [0.5, 0.6) is 0 Å². The summed E-state index contributed by atoms with van der Waals surface area (Å²) >= 11 is 0. The number of β-amino-alcohol motifs (C(OH)–C–C–N with tert-alkyl or cyclic N) is 1. The second kappa shape index (κ2) is 3.54. The Morgan fingerprint density at radius 3 is 2.71 bits per heavy atom. The van der Waals surface area contributed by atoms with Crippen LogP contribution in [0.2, 0.25) is 0 Å². The van der Waals surface area contributed by atoms with Gasteiger partial charge in [-0.05, 0) is 31.1 Å². The fourth-order valence-electron chi connectivity index (χ4n) is 2.36. The van der Waals surface area contributed by atoms with Gasteiger partial charge < -0.3 is 10.0 Å². The van der Waals surface area contributed by atoms with Crippen molar-refractivity contribution in [3.05, 3.63) is 0 Å². The van der Waals surface area contributed by atoms with Gasteiger partial charge in [0.25, 0.3) is 0 Å². The van der Waals surface area contributed by atoms with Gasteiger partial charge in [-0.15, -0.1) is 0 Å². The van der Waals surface area contributed by atoms with Gasteiger partial charge in [0.05, 0.1) is 6.10 Å². The minimum absolute atomic E-state index is 0.210. The van der Waals surface area contributed by atoms with Crippen molar-refractivity contribution in [3.8, 4) is 0 Å². The maximum atomic E-state index is 11.6. The van der Waals surface area contributed by atoms with E-state index in [1.165, 1.54) is 0 Å². The van der Waals surface area contributed by atoms with E-state index in [0.29, 0.717) is 13.0 Å². The summed E-state index contributed by atoms with van der Waals surface area (Å²) in [5, 5.41) is 9.89. The molecule has 1 saturated heterocycles. The van der Waals surface area contributed by atoms with Crippen molar-refractivity contribution in [3.63, 3.8) is 0 Å². The average Bonchev–Trinajstić information content (AvgIpc) is 2.92. The number of amides is 1. The lowest BCUT2D eigenvalue weighted by Crippen LogP contribution is -2.47. The Bertz CT molecular complexity index is 235. The molecule has 2 aliphatic rings. The lowest BCUT2D eigenvalue weighted by Gasteiger charge is -2.36. The quantitative estimate of drug-likeness (QED) is 0.721. The molecule has 1 aliphatic heterocycles. The van der Waals surface area contributed by atoms with Crippen LogP contribution in [0.15, 0.2) is 0 Å². The van der Waals surface area contributed by atoms with Crippen molar-refractivity contribution in [1.29, 1.82) is 0 Å². The Morgan fingerprint density at radius 1 is 1.50 bits per heavy atom. The van der Waals surface area contributed by atoms with Crippen LogP contribution in [0.4, 0.5) is 0 Å². The van der Waals surface area contributed by atoms with E-state index in [1.54, 1.807) is 0 Å². The molecule has 3 heteroatoms. The molecule has 0 bridgehead atoms. The normalized spacial score (nSPS) is 29.3. The monoisotopic (exact) mass is 197 g/mol. The molecular formula is C11H19NO2. The molecule has 2 rings (SSSR count). The molecule has 14 heavy (non-hydrogen) atoms. The van der Waals surface area contributed by atoms with Gasteiger partial charge in [-0.25, -0.2) is 0 Å². The standard InChI is InChI=1S/C11H19NO2/c1-2-3-10(14)12-7-6-11(4-5-11)9(13)8-12/h9,13H,2-8H2,1H3. The van der Waals surface area contributed by atoms with Crippen LogP contribution >= 0.6 is 0 Å². The number of hydrogen-bond donors (Lipinski definition) is 1. The molecule has 1 amide bonds. The summed E-state index contributed by atoms with van der Waals surface area (Å²) in [6.45, 7) is 3.44. The summed E-state index contributed by atoms with van der Waals surface area (Å²) in [6, 6.07) is 0. The van der Waals surface area contributed by atoms with Gasteiger partial charge >= 0.3 is 0 Å². The predicted molar refractivity (Wildman–Crippen MR) is 53.8 cm³/mol. The van der Waals surface area contributed by atoms with E-state index >= 15 is 0 Å². The smallest absolute Gasteiger partial charge is 0.222 e. The van der Waals surface area contributed by atoms with Gasteiger partial charge in [-0.1, -0.05) is 6.92 Å². The second-order valence-electron chi connectivity index (χ2n) is 4.72. The first kappa shape index (κ1) is 9.97. The van der Waals surface area contributed by atoms with Gasteiger partial charge in [-0.2, -0.15) is 0 Å². The summed E-state index contributed by atoms with van der Waals surface area (Å²) < 4.78 is 0. The highest BCUT2D eigenvalue weighted by atomic mass is 16.3. The van der Waals surface area contributed by atoms with Crippen molar-refractivity contribution in [2.45, 2.75) is 45.1 Å². The maximum Gasteiger partial charge on any atom is 0.222 e. The number of carbonyl (C=O) groups excluding carboxylic acids is 1. The highest BCUT2D eigenvalue weighted by Crippen LogP contribution is 2.53.